The molecule has 4 atom stereocenters. The van der Waals surface area contributed by atoms with Crippen molar-refractivity contribution in [3.8, 4) is 67.9 Å². The first kappa shape index (κ1) is 33.7. The van der Waals surface area contributed by atoms with Crippen molar-refractivity contribution in [1.29, 1.82) is 0 Å². The topological polar surface area (TPSA) is 145 Å². The number of phenolic OH excluding ortho intramolecular Hbond substituents is 6. The van der Waals surface area contributed by atoms with Gasteiger partial charge in [-0.25, -0.2) is 0 Å². The van der Waals surface area contributed by atoms with Crippen LogP contribution in [0.5, 0.6) is 34.5 Å². The predicted octanol–water partition coefficient (Wildman–Crippen LogP) is 9.03. The zero-order chi connectivity index (χ0) is 36.9. The fraction of sp³-hybridized carbons (Fsp3) is 0.273. The standard InChI is InChI=1S/C44H44N2O6/c1-19-7-9-25-27(11-19)29(41-33-13-21(3)45-23(5)39(33)35(47)17-37(41)49)15-31(43(25)51)32-16-30(28-12-20(2)8-10-26(28)44(32)52)42-34-14-22(4)46-24(6)40(34)36(48)18-38(42)50/h7-12,15-18,21-24,45-52H,13-14H2,1-6H3/t21-,22-,23-,24-/m0/s1. The van der Waals surface area contributed by atoms with Gasteiger partial charge in [-0.1, -0.05) is 47.5 Å². The van der Waals surface area contributed by atoms with E-state index in [1.165, 1.54) is 12.1 Å². The molecule has 0 amide bonds. The molecule has 0 aromatic heterocycles. The maximum absolute atomic E-state index is 12.1. The Labute approximate surface area is 302 Å². The lowest BCUT2D eigenvalue weighted by atomic mass is 9.80. The van der Waals surface area contributed by atoms with Crippen molar-refractivity contribution in [2.24, 2.45) is 0 Å². The fourth-order valence-corrected chi connectivity index (χ4v) is 9.06. The average Bonchev–Trinajstić information content (AvgIpc) is 3.05. The van der Waals surface area contributed by atoms with E-state index in [4.69, 9.17) is 0 Å². The van der Waals surface area contributed by atoms with E-state index >= 15 is 0 Å². The van der Waals surface area contributed by atoms with Crippen LogP contribution >= 0.6 is 0 Å². The molecular formula is C44H44N2O6. The van der Waals surface area contributed by atoms with Crippen LogP contribution in [0, 0.1) is 13.8 Å². The molecule has 8 heteroatoms. The largest absolute Gasteiger partial charge is 0.507 e. The van der Waals surface area contributed by atoms with Crippen LogP contribution in [0.2, 0.25) is 0 Å². The van der Waals surface area contributed by atoms with Gasteiger partial charge in [-0.15, -0.1) is 0 Å². The number of hydrogen-bond donors (Lipinski definition) is 8. The van der Waals surface area contributed by atoms with Gasteiger partial charge in [-0.3, -0.25) is 0 Å². The van der Waals surface area contributed by atoms with Gasteiger partial charge < -0.3 is 41.3 Å². The van der Waals surface area contributed by atoms with Crippen LogP contribution in [-0.4, -0.2) is 42.7 Å². The van der Waals surface area contributed by atoms with Crippen LogP contribution in [0.4, 0.5) is 0 Å². The summed E-state index contributed by atoms with van der Waals surface area (Å²) in [6.07, 6.45) is 1.12. The van der Waals surface area contributed by atoms with Crippen molar-refractivity contribution >= 4 is 21.5 Å². The third-order valence-corrected chi connectivity index (χ3v) is 11.2. The Balaban J connectivity index is 1.49. The van der Waals surface area contributed by atoms with Gasteiger partial charge >= 0.3 is 0 Å². The highest BCUT2D eigenvalue weighted by Crippen LogP contribution is 2.54. The highest BCUT2D eigenvalue weighted by molar-refractivity contribution is 6.11. The molecule has 2 aliphatic heterocycles. The number of benzene rings is 6. The molecule has 2 aliphatic rings. The number of aromatic hydroxyl groups is 6. The van der Waals surface area contributed by atoms with Crippen molar-refractivity contribution in [2.45, 2.75) is 78.6 Å². The maximum atomic E-state index is 12.1. The van der Waals surface area contributed by atoms with Crippen LogP contribution in [0.1, 0.15) is 73.2 Å². The number of aryl methyl sites for hydroxylation is 2. The molecule has 0 saturated heterocycles. The van der Waals surface area contributed by atoms with Crippen LogP contribution in [-0.2, 0) is 12.8 Å². The predicted molar refractivity (Wildman–Crippen MR) is 207 cm³/mol. The molecular weight excluding hydrogens is 652 g/mol. The van der Waals surface area contributed by atoms with Crippen molar-refractivity contribution in [2.75, 3.05) is 0 Å². The van der Waals surface area contributed by atoms with E-state index in [9.17, 15) is 30.6 Å². The van der Waals surface area contributed by atoms with Crippen molar-refractivity contribution in [3.05, 3.63) is 94.0 Å². The van der Waals surface area contributed by atoms with Crippen molar-refractivity contribution < 1.29 is 30.6 Å². The molecule has 6 aromatic rings. The highest BCUT2D eigenvalue weighted by atomic mass is 16.3. The molecule has 8 nitrogen and oxygen atoms in total. The zero-order valence-electron chi connectivity index (χ0n) is 30.2. The van der Waals surface area contributed by atoms with E-state index in [1.54, 1.807) is 0 Å². The lowest BCUT2D eigenvalue weighted by Gasteiger charge is -2.32. The molecule has 0 radical (unpaired) electrons. The Morgan fingerprint density at radius 2 is 0.846 bits per heavy atom. The molecule has 0 aliphatic carbocycles. The minimum absolute atomic E-state index is 0.0191. The molecule has 0 bridgehead atoms. The molecule has 6 aromatic carbocycles. The molecule has 0 saturated carbocycles. The highest BCUT2D eigenvalue weighted by Gasteiger charge is 2.32. The summed E-state index contributed by atoms with van der Waals surface area (Å²) in [5.74, 6) is -0.186. The second kappa shape index (κ2) is 12.1. The number of fused-ring (bicyclic) bond motifs is 4. The van der Waals surface area contributed by atoms with Crippen LogP contribution in [0.25, 0.3) is 54.9 Å². The number of nitrogens with one attached hydrogen (secondary N) is 2. The van der Waals surface area contributed by atoms with Gasteiger partial charge in [0.05, 0.1) is 0 Å². The molecule has 0 fully saturated rings. The summed E-state index contributed by atoms with van der Waals surface area (Å²) in [5, 5.41) is 79.1. The smallest absolute Gasteiger partial charge is 0.131 e. The van der Waals surface area contributed by atoms with Crippen LogP contribution in [0.15, 0.2) is 60.7 Å². The SMILES string of the molecule is Cc1ccc2c(O)c(-c3cc(-c4c(O)cc(O)c5c4C[C@H](C)N[C@H]5C)c4cc(C)ccc4c3O)cc(-c3c(O)cc(O)c4c3C[C@H](C)N[C@H]4C)c2c1. The third kappa shape index (κ3) is 5.12. The number of phenols is 6. The van der Waals surface area contributed by atoms with E-state index in [0.717, 1.165) is 44.2 Å². The summed E-state index contributed by atoms with van der Waals surface area (Å²) in [6, 6.07) is 17.7. The van der Waals surface area contributed by atoms with Crippen LogP contribution in [0.3, 0.4) is 0 Å². The quantitative estimate of drug-likeness (QED) is 0.0915. The lowest BCUT2D eigenvalue weighted by Crippen LogP contribution is -2.36. The van der Waals surface area contributed by atoms with Crippen molar-refractivity contribution in [3.63, 3.8) is 0 Å². The second-order valence-corrected chi connectivity index (χ2v) is 15.1. The minimum atomic E-state index is -0.164. The number of rotatable bonds is 3. The minimum Gasteiger partial charge on any atom is -0.507 e. The Morgan fingerprint density at radius 3 is 1.23 bits per heavy atom. The molecule has 2 heterocycles. The molecule has 52 heavy (non-hydrogen) atoms. The Morgan fingerprint density at radius 1 is 0.462 bits per heavy atom. The first-order valence-corrected chi connectivity index (χ1v) is 17.9. The summed E-state index contributed by atoms with van der Waals surface area (Å²) in [7, 11) is 0. The van der Waals surface area contributed by atoms with Crippen LogP contribution < -0.4 is 10.6 Å². The van der Waals surface area contributed by atoms with Gasteiger partial charge in [-0.05, 0) is 99.5 Å². The first-order chi connectivity index (χ1) is 24.7. The van der Waals surface area contributed by atoms with Gasteiger partial charge in [0, 0.05) is 80.5 Å². The molecule has 8 rings (SSSR count). The third-order valence-electron chi connectivity index (χ3n) is 11.2. The van der Waals surface area contributed by atoms with E-state index < -0.39 is 0 Å². The normalized spacial score (nSPS) is 19.9. The molecule has 8 N–H and O–H groups in total. The Kier molecular flexibility index (Phi) is 7.82. The first-order valence-electron chi connectivity index (χ1n) is 17.9. The van der Waals surface area contributed by atoms with E-state index in [2.05, 4.69) is 24.5 Å². The summed E-state index contributed by atoms with van der Waals surface area (Å²) in [5.41, 5.74) is 8.17. The summed E-state index contributed by atoms with van der Waals surface area (Å²) >= 11 is 0. The molecule has 266 valence electrons. The van der Waals surface area contributed by atoms with E-state index in [-0.39, 0.29) is 58.7 Å². The lowest BCUT2D eigenvalue weighted by molar-refractivity contribution is 0.401. The van der Waals surface area contributed by atoms with Gasteiger partial charge in [0.2, 0.25) is 0 Å². The summed E-state index contributed by atoms with van der Waals surface area (Å²) in [6.45, 7) is 12.1. The molecule has 0 unspecified atom stereocenters. The second-order valence-electron chi connectivity index (χ2n) is 15.1. The fourth-order valence-electron chi connectivity index (χ4n) is 9.06. The van der Waals surface area contributed by atoms with E-state index in [0.29, 0.717) is 57.0 Å². The summed E-state index contributed by atoms with van der Waals surface area (Å²) in [4.78, 5) is 0. The van der Waals surface area contributed by atoms with E-state index in [1.807, 2.05) is 76.2 Å². The van der Waals surface area contributed by atoms with Gasteiger partial charge in [0.15, 0.2) is 0 Å². The summed E-state index contributed by atoms with van der Waals surface area (Å²) < 4.78 is 0. The van der Waals surface area contributed by atoms with Crippen molar-refractivity contribution in [1.82, 2.24) is 10.6 Å². The molecule has 0 spiro atoms. The van der Waals surface area contributed by atoms with Gasteiger partial charge in [-0.2, -0.15) is 0 Å². The monoisotopic (exact) mass is 696 g/mol. The van der Waals surface area contributed by atoms with Gasteiger partial charge in [0.1, 0.15) is 34.5 Å². The number of hydrogen-bond acceptors (Lipinski definition) is 8. The maximum Gasteiger partial charge on any atom is 0.131 e. The Hall–Kier alpha value is -5.44. The Bertz CT molecular complexity index is 2320. The van der Waals surface area contributed by atoms with Gasteiger partial charge in [0.25, 0.3) is 0 Å². The zero-order valence-corrected chi connectivity index (χ0v) is 30.2. The average molecular weight is 697 g/mol.